The predicted octanol–water partition coefficient (Wildman–Crippen LogP) is 9.45. The summed E-state index contributed by atoms with van der Waals surface area (Å²) in [5, 5.41) is 38.6. The Hall–Kier alpha value is -7.36. The fraction of sp³-hybridized carbons (Fsp3) is 0.385. The Morgan fingerprint density at radius 1 is 0.544 bits per heavy atom. The van der Waals surface area contributed by atoms with Crippen LogP contribution in [0.25, 0.3) is 11.6 Å². The normalized spacial score (nSPS) is 12.2. The Morgan fingerprint density at radius 3 is 1.19 bits per heavy atom. The lowest BCUT2D eigenvalue weighted by atomic mass is 9.90. The molecule has 360 valence electrons. The van der Waals surface area contributed by atoms with Gasteiger partial charge in [0.2, 0.25) is 0 Å². The molecule has 4 heterocycles. The van der Waals surface area contributed by atoms with Crippen molar-refractivity contribution in [3.63, 3.8) is 0 Å². The molecule has 6 N–H and O–H groups in total. The van der Waals surface area contributed by atoms with Crippen molar-refractivity contribution in [1.82, 2.24) is 40.2 Å². The molecule has 0 saturated carbocycles. The average molecular weight is 927 g/mol. The van der Waals surface area contributed by atoms with E-state index in [1.807, 2.05) is 73.3 Å². The van der Waals surface area contributed by atoms with Crippen LogP contribution in [0, 0.1) is 0 Å². The van der Waals surface area contributed by atoms with Gasteiger partial charge >= 0.3 is 11.9 Å². The number of benzene rings is 2. The van der Waals surface area contributed by atoms with E-state index >= 15 is 0 Å². The summed E-state index contributed by atoms with van der Waals surface area (Å²) in [6.45, 7) is 17.4. The molecule has 2 atom stereocenters. The van der Waals surface area contributed by atoms with Gasteiger partial charge in [0, 0.05) is 36.6 Å². The summed E-state index contributed by atoms with van der Waals surface area (Å²) in [6.07, 6.45) is 15.0. The summed E-state index contributed by atoms with van der Waals surface area (Å²) in [6, 6.07) is 22.8. The molecular formula is C52H66N10O6. The molecule has 0 aliphatic rings. The zero-order valence-electron chi connectivity index (χ0n) is 40.4. The average Bonchev–Trinajstić information content (AvgIpc) is 4.02. The maximum absolute atomic E-state index is 12.2. The van der Waals surface area contributed by atoms with Crippen LogP contribution in [0.1, 0.15) is 149 Å². The molecule has 4 aromatic heterocycles. The van der Waals surface area contributed by atoms with Crippen molar-refractivity contribution in [2.75, 3.05) is 23.7 Å². The molecule has 6 rings (SSSR count). The maximum Gasteiger partial charge on any atom is 0.305 e. The first-order valence-electron chi connectivity index (χ1n) is 23.1. The van der Waals surface area contributed by atoms with Gasteiger partial charge in [0.05, 0.1) is 61.1 Å². The van der Waals surface area contributed by atoms with Crippen LogP contribution >= 0.6 is 0 Å². The van der Waals surface area contributed by atoms with Crippen LogP contribution in [0.4, 0.5) is 11.4 Å². The van der Waals surface area contributed by atoms with Crippen molar-refractivity contribution in [1.29, 1.82) is 0 Å². The van der Waals surface area contributed by atoms with Crippen molar-refractivity contribution >= 4 is 35.1 Å². The highest BCUT2D eigenvalue weighted by Crippen LogP contribution is 2.28. The van der Waals surface area contributed by atoms with Crippen LogP contribution in [0.3, 0.4) is 0 Å². The van der Waals surface area contributed by atoms with Crippen molar-refractivity contribution < 1.29 is 29.4 Å². The molecule has 0 radical (unpaired) electrons. The SMILES string of the molecule is CCC[C@@H](Nc1ccc(-n2cc(C(C)(C)C)cn2)nc1)c1ccc(C(=O)NCCC(=O)O)cc1.CCC[C@H](Nc1ccc(-n2cc(C(C)(C)C)cn2)nc1)c1ccc(C(=O)NCCC(=O)O)cc1. The fourth-order valence-electron chi connectivity index (χ4n) is 7.01. The lowest BCUT2D eigenvalue weighted by Crippen LogP contribution is -2.26. The Labute approximate surface area is 399 Å². The van der Waals surface area contributed by atoms with Gasteiger partial charge in [0.1, 0.15) is 0 Å². The Morgan fingerprint density at radius 2 is 0.912 bits per heavy atom. The number of nitrogens with zero attached hydrogens (tertiary/aromatic N) is 6. The van der Waals surface area contributed by atoms with Gasteiger partial charge in [0.15, 0.2) is 11.6 Å². The molecular weight excluding hydrogens is 861 g/mol. The van der Waals surface area contributed by atoms with Crippen molar-refractivity contribution in [2.45, 2.75) is 117 Å². The molecule has 2 amide bonds. The van der Waals surface area contributed by atoms with Crippen molar-refractivity contribution in [2.24, 2.45) is 0 Å². The van der Waals surface area contributed by atoms with Crippen LogP contribution in [0.15, 0.2) is 110 Å². The summed E-state index contributed by atoms with van der Waals surface area (Å²) in [5.74, 6) is -0.920. The number of amides is 2. The van der Waals surface area contributed by atoms with Crippen LogP contribution in [-0.2, 0) is 20.4 Å². The highest BCUT2D eigenvalue weighted by molar-refractivity contribution is 5.95. The Bertz CT molecular complexity index is 2380. The van der Waals surface area contributed by atoms with Gasteiger partial charge in [-0.1, -0.05) is 92.5 Å². The summed E-state index contributed by atoms with van der Waals surface area (Å²) < 4.78 is 3.57. The first kappa shape index (κ1) is 51.6. The van der Waals surface area contributed by atoms with Gasteiger partial charge in [0.25, 0.3) is 11.8 Å². The molecule has 68 heavy (non-hydrogen) atoms. The zero-order valence-corrected chi connectivity index (χ0v) is 40.4. The van der Waals surface area contributed by atoms with Gasteiger partial charge in [-0.25, -0.2) is 19.3 Å². The van der Waals surface area contributed by atoms with Gasteiger partial charge < -0.3 is 31.5 Å². The number of carbonyl (C=O) groups is 4. The number of hydrogen-bond donors (Lipinski definition) is 6. The second-order valence-corrected chi connectivity index (χ2v) is 18.7. The number of carboxylic acids is 2. The Kier molecular flexibility index (Phi) is 18.1. The quantitative estimate of drug-likeness (QED) is 0.0422. The van der Waals surface area contributed by atoms with E-state index in [0.29, 0.717) is 11.1 Å². The van der Waals surface area contributed by atoms with E-state index in [9.17, 15) is 19.2 Å². The highest BCUT2D eigenvalue weighted by atomic mass is 16.4. The third-order valence-electron chi connectivity index (χ3n) is 11.1. The van der Waals surface area contributed by atoms with E-state index in [2.05, 4.69) is 96.8 Å². The molecule has 0 aliphatic heterocycles. The van der Waals surface area contributed by atoms with E-state index in [-0.39, 0.29) is 60.7 Å². The number of nitrogens with one attached hydrogen (secondary N) is 4. The van der Waals surface area contributed by atoms with E-state index < -0.39 is 11.9 Å². The second-order valence-electron chi connectivity index (χ2n) is 18.7. The molecule has 0 fully saturated rings. The predicted molar refractivity (Wildman–Crippen MR) is 265 cm³/mol. The minimum absolute atomic E-state index is 0.0296. The fourth-order valence-corrected chi connectivity index (χ4v) is 7.01. The van der Waals surface area contributed by atoms with Gasteiger partial charge in [-0.3, -0.25) is 19.2 Å². The van der Waals surface area contributed by atoms with E-state index in [0.717, 1.165) is 70.9 Å². The molecule has 6 aromatic rings. The Balaban J connectivity index is 0.000000254. The molecule has 16 heteroatoms. The van der Waals surface area contributed by atoms with Crippen molar-refractivity contribution in [3.8, 4) is 11.6 Å². The molecule has 0 unspecified atom stereocenters. The lowest BCUT2D eigenvalue weighted by molar-refractivity contribution is -0.137. The number of anilines is 2. The summed E-state index contributed by atoms with van der Waals surface area (Å²) >= 11 is 0. The number of aromatic nitrogens is 6. The van der Waals surface area contributed by atoms with E-state index in [4.69, 9.17) is 10.2 Å². The smallest absolute Gasteiger partial charge is 0.305 e. The largest absolute Gasteiger partial charge is 0.481 e. The molecule has 0 bridgehead atoms. The monoisotopic (exact) mass is 927 g/mol. The maximum atomic E-state index is 12.2. The summed E-state index contributed by atoms with van der Waals surface area (Å²) in [5.41, 5.74) is 7.31. The summed E-state index contributed by atoms with van der Waals surface area (Å²) in [7, 11) is 0. The molecule has 0 spiro atoms. The van der Waals surface area contributed by atoms with Gasteiger partial charge in [-0.2, -0.15) is 10.2 Å². The van der Waals surface area contributed by atoms with E-state index in [1.54, 1.807) is 46.0 Å². The topological polar surface area (TPSA) is 218 Å². The van der Waals surface area contributed by atoms with Crippen LogP contribution in [0.2, 0.25) is 0 Å². The lowest BCUT2D eigenvalue weighted by Gasteiger charge is -2.20. The van der Waals surface area contributed by atoms with Crippen molar-refractivity contribution in [3.05, 3.63) is 143 Å². The first-order chi connectivity index (χ1) is 32.3. The zero-order chi connectivity index (χ0) is 49.4. The second kappa shape index (κ2) is 23.9. The number of rotatable bonds is 20. The number of aliphatic carboxylic acids is 2. The number of carbonyl (C=O) groups excluding carboxylic acids is 2. The van der Waals surface area contributed by atoms with Crippen LogP contribution in [-0.4, -0.2) is 76.6 Å². The standard InChI is InChI=1S/2C26H33N5O3/c2*1-5-6-22(18-7-9-19(10-8-18)25(34)27-14-13-24(32)33)30-21-11-12-23(28-16-21)31-17-20(15-29-31)26(2,3)4/h2*7-12,15-17,22,30H,5-6,13-14H2,1-4H3,(H,27,34)(H,32,33)/t2*22-/m10/s1. The number of pyridine rings is 2. The highest BCUT2D eigenvalue weighted by Gasteiger charge is 2.19. The van der Waals surface area contributed by atoms with E-state index in [1.165, 1.54) is 0 Å². The third kappa shape index (κ3) is 15.4. The molecule has 16 nitrogen and oxygen atoms in total. The first-order valence-corrected chi connectivity index (χ1v) is 23.1. The molecule has 0 aliphatic carbocycles. The van der Waals surface area contributed by atoms with Gasteiger partial charge in [-0.15, -0.1) is 0 Å². The number of carboxylic acid groups (broad SMARTS) is 2. The molecule has 0 saturated heterocycles. The van der Waals surface area contributed by atoms with Crippen LogP contribution < -0.4 is 21.3 Å². The van der Waals surface area contributed by atoms with Crippen LogP contribution in [0.5, 0.6) is 0 Å². The minimum atomic E-state index is -0.939. The minimum Gasteiger partial charge on any atom is -0.481 e. The number of hydrogen-bond acceptors (Lipinski definition) is 10. The third-order valence-corrected chi connectivity index (χ3v) is 11.1. The van der Waals surface area contributed by atoms with Gasteiger partial charge in [-0.05, 0) is 94.5 Å². The summed E-state index contributed by atoms with van der Waals surface area (Å²) in [4.78, 5) is 54.8. The molecule has 2 aromatic carbocycles.